The Hall–Kier alpha value is -1.89. The zero-order valence-electron chi connectivity index (χ0n) is 15.7. The molecule has 0 saturated heterocycles. The van der Waals surface area contributed by atoms with E-state index in [1.807, 2.05) is 0 Å². The van der Waals surface area contributed by atoms with Crippen molar-refractivity contribution >= 4 is 34.2 Å². The molecule has 7 heteroatoms. The molecule has 0 aromatic carbocycles. The van der Waals surface area contributed by atoms with Gasteiger partial charge in [0.2, 0.25) is 5.91 Å². The van der Waals surface area contributed by atoms with E-state index in [-0.39, 0.29) is 5.91 Å². The van der Waals surface area contributed by atoms with Crippen LogP contribution in [0, 0.1) is 11.8 Å². The minimum absolute atomic E-state index is 0.290. The quantitative estimate of drug-likeness (QED) is 0.754. The number of aryl methyl sites for hydroxylation is 1. The number of rotatable bonds is 4. The number of carbonyl (C=O) groups is 3. The topological polar surface area (TPSA) is 92.7 Å². The van der Waals surface area contributed by atoms with Gasteiger partial charge in [-0.1, -0.05) is 25.7 Å². The number of carbonyl (C=O) groups excluding carboxylic acids is 2. The fourth-order valence-corrected chi connectivity index (χ4v) is 5.55. The van der Waals surface area contributed by atoms with E-state index in [1.54, 1.807) is 0 Å². The highest BCUT2D eigenvalue weighted by Crippen LogP contribution is 2.39. The molecule has 1 aromatic rings. The first-order valence-corrected chi connectivity index (χ1v) is 10.6. The maximum atomic E-state index is 12.9. The molecule has 27 heavy (non-hydrogen) atoms. The number of nitrogens with one attached hydrogen (secondary N) is 1. The molecule has 1 saturated carbocycles. The third-order valence-electron chi connectivity index (χ3n) is 5.72. The van der Waals surface area contributed by atoms with Crippen molar-refractivity contribution in [3.63, 3.8) is 0 Å². The summed E-state index contributed by atoms with van der Waals surface area (Å²) in [4.78, 5) is 38.0. The molecule has 6 nitrogen and oxygen atoms in total. The molecular weight excluding hydrogens is 366 g/mol. The van der Waals surface area contributed by atoms with Gasteiger partial charge in [-0.3, -0.25) is 9.59 Å². The standard InChI is InChI=1S/C20H27NO5S/c1-26-20(25)16-14-10-4-2-3-5-11-15(14)27-18(16)21-17(22)12-8-6-7-9-13(12)19(23)24/h12-13H,2-11H2,1H3,(H,21,22)(H,23,24)/t12-,13-/m0/s1. The molecule has 0 spiro atoms. The fraction of sp³-hybridized carbons (Fsp3) is 0.650. The summed E-state index contributed by atoms with van der Waals surface area (Å²) in [6, 6.07) is 0. The van der Waals surface area contributed by atoms with Gasteiger partial charge in [0.25, 0.3) is 0 Å². The Morgan fingerprint density at radius 2 is 1.67 bits per heavy atom. The number of hydrogen-bond acceptors (Lipinski definition) is 5. The van der Waals surface area contributed by atoms with Gasteiger partial charge >= 0.3 is 11.9 Å². The third kappa shape index (κ3) is 4.34. The minimum atomic E-state index is -0.915. The first kappa shape index (κ1) is 19.9. The van der Waals surface area contributed by atoms with Crippen LogP contribution in [-0.2, 0) is 27.2 Å². The van der Waals surface area contributed by atoms with Crippen LogP contribution in [0.1, 0.15) is 72.2 Å². The molecule has 148 valence electrons. The third-order valence-corrected chi connectivity index (χ3v) is 6.92. The van der Waals surface area contributed by atoms with E-state index in [4.69, 9.17) is 4.74 Å². The van der Waals surface area contributed by atoms with Crippen molar-refractivity contribution < 1.29 is 24.2 Å². The Morgan fingerprint density at radius 3 is 2.33 bits per heavy atom. The molecule has 0 unspecified atom stereocenters. The molecular formula is C20H27NO5S. The molecule has 2 aliphatic rings. The lowest BCUT2D eigenvalue weighted by atomic mass is 9.78. The van der Waals surface area contributed by atoms with Crippen molar-refractivity contribution in [2.45, 2.75) is 64.2 Å². The normalized spacial score (nSPS) is 22.9. The Kier molecular flexibility index (Phi) is 6.52. The van der Waals surface area contributed by atoms with E-state index in [0.717, 1.165) is 55.4 Å². The molecule has 2 atom stereocenters. The van der Waals surface area contributed by atoms with E-state index in [9.17, 15) is 19.5 Å². The molecule has 0 radical (unpaired) electrons. The molecule has 1 fully saturated rings. The van der Waals surface area contributed by atoms with Gasteiger partial charge in [0.1, 0.15) is 5.00 Å². The van der Waals surface area contributed by atoms with Crippen LogP contribution in [0.5, 0.6) is 0 Å². The Labute approximate surface area is 163 Å². The van der Waals surface area contributed by atoms with Crippen molar-refractivity contribution in [3.05, 3.63) is 16.0 Å². The van der Waals surface area contributed by atoms with Crippen LogP contribution >= 0.6 is 11.3 Å². The molecule has 2 N–H and O–H groups in total. The number of fused-ring (bicyclic) bond motifs is 1. The SMILES string of the molecule is COC(=O)c1c(NC(=O)[C@H]2CCCC[C@@H]2C(=O)O)sc2c1CCCCCC2. The predicted octanol–water partition coefficient (Wildman–Crippen LogP) is 4.02. The number of thiophene rings is 1. The lowest BCUT2D eigenvalue weighted by Gasteiger charge is -2.27. The first-order chi connectivity index (χ1) is 13.0. The number of carboxylic acid groups (broad SMARTS) is 1. The predicted molar refractivity (Wildman–Crippen MR) is 103 cm³/mol. The number of aliphatic carboxylic acids is 1. The monoisotopic (exact) mass is 393 g/mol. The van der Waals surface area contributed by atoms with Gasteiger partial charge in [-0.05, 0) is 44.1 Å². The Bertz CT molecular complexity index is 726. The van der Waals surface area contributed by atoms with Crippen molar-refractivity contribution in [2.75, 3.05) is 12.4 Å². The van der Waals surface area contributed by atoms with E-state index in [0.29, 0.717) is 23.4 Å². The summed E-state index contributed by atoms with van der Waals surface area (Å²) >= 11 is 1.45. The van der Waals surface area contributed by atoms with Gasteiger partial charge in [-0.2, -0.15) is 0 Å². The molecule has 0 aliphatic heterocycles. The van der Waals surface area contributed by atoms with Crippen LogP contribution in [0.4, 0.5) is 5.00 Å². The summed E-state index contributed by atoms with van der Waals surface area (Å²) in [6.45, 7) is 0. The van der Waals surface area contributed by atoms with Crippen molar-refractivity contribution in [1.29, 1.82) is 0 Å². The lowest BCUT2D eigenvalue weighted by Crippen LogP contribution is -2.36. The van der Waals surface area contributed by atoms with Gasteiger partial charge < -0.3 is 15.2 Å². The molecule has 0 bridgehead atoms. The van der Waals surface area contributed by atoms with Gasteiger partial charge in [0.15, 0.2) is 0 Å². The number of ether oxygens (including phenoxy) is 1. The lowest BCUT2D eigenvalue weighted by molar-refractivity contribution is -0.147. The zero-order chi connectivity index (χ0) is 19.4. The van der Waals surface area contributed by atoms with Crippen LogP contribution in [0.25, 0.3) is 0 Å². The minimum Gasteiger partial charge on any atom is -0.481 e. The first-order valence-electron chi connectivity index (χ1n) is 9.79. The van der Waals surface area contributed by atoms with Crippen LogP contribution in [-0.4, -0.2) is 30.1 Å². The summed E-state index contributed by atoms with van der Waals surface area (Å²) in [5.41, 5.74) is 1.47. The average Bonchev–Trinajstić information content (AvgIpc) is 2.97. The highest BCUT2D eigenvalue weighted by molar-refractivity contribution is 7.17. The molecule has 1 heterocycles. The summed E-state index contributed by atoms with van der Waals surface area (Å²) in [7, 11) is 1.35. The number of methoxy groups -OCH3 is 1. The summed E-state index contributed by atoms with van der Waals surface area (Å²) < 4.78 is 4.98. The van der Waals surface area contributed by atoms with Crippen LogP contribution in [0.3, 0.4) is 0 Å². The molecule has 2 aliphatic carbocycles. The Balaban J connectivity index is 1.89. The summed E-state index contributed by atoms with van der Waals surface area (Å²) in [6.07, 6.45) is 8.91. The van der Waals surface area contributed by atoms with Crippen LogP contribution < -0.4 is 5.32 Å². The fourth-order valence-electron chi connectivity index (χ4n) is 4.27. The maximum absolute atomic E-state index is 12.9. The zero-order valence-corrected chi connectivity index (χ0v) is 16.5. The molecule has 3 rings (SSSR count). The van der Waals surface area contributed by atoms with Crippen molar-refractivity contribution in [3.8, 4) is 0 Å². The summed E-state index contributed by atoms with van der Waals surface area (Å²) in [5.74, 6) is -2.84. The highest BCUT2D eigenvalue weighted by atomic mass is 32.1. The van der Waals surface area contributed by atoms with Crippen molar-refractivity contribution in [1.82, 2.24) is 0 Å². The second-order valence-corrected chi connectivity index (χ2v) is 8.54. The second-order valence-electron chi connectivity index (χ2n) is 7.44. The van der Waals surface area contributed by atoms with E-state index < -0.39 is 23.8 Å². The number of carboxylic acids is 1. The van der Waals surface area contributed by atoms with Crippen molar-refractivity contribution in [2.24, 2.45) is 11.8 Å². The van der Waals surface area contributed by atoms with Gasteiger partial charge in [0, 0.05) is 4.88 Å². The van der Waals surface area contributed by atoms with E-state index >= 15 is 0 Å². The molecule has 1 amide bonds. The van der Waals surface area contributed by atoms with Gasteiger partial charge in [-0.25, -0.2) is 4.79 Å². The number of amides is 1. The largest absolute Gasteiger partial charge is 0.481 e. The van der Waals surface area contributed by atoms with Crippen LogP contribution in [0.2, 0.25) is 0 Å². The average molecular weight is 394 g/mol. The number of hydrogen-bond donors (Lipinski definition) is 2. The highest BCUT2D eigenvalue weighted by Gasteiger charge is 2.37. The Morgan fingerprint density at radius 1 is 1.00 bits per heavy atom. The van der Waals surface area contributed by atoms with Crippen LogP contribution in [0.15, 0.2) is 0 Å². The van der Waals surface area contributed by atoms with Gasteiger partial charge in [0.05, 0.1) is 24.5 Å². The van der Waals surface area contributed by atoms with Gasteiger partial charge in [-0.15, -0.1) is 11.3 Å². The molecule has 1 aromatic heterocycles. The second kappa shape index (κ2) is 8.87. The number of anilines is 1. The smallest absolute Gasteiger partial charge is 0.341 e. The summed E-state index contributed by atoms with van der Waals surface area (Å²) in [5, 5.41) is 12.9. The number of esters is 1. The maximum Gasteiger partial charge on any atom is 0.341 e. The van der Waals surface area contributed by atoms with E-state index in [1.165, 1.54) is 24.9 Å². The van der Waals surface area contributed by atoms with E-state index in [2.05, 4.69) is 5.32 Å².